The number of carbonyl (C=O) groups is 4. The summed E-state index contributed by atoms with van der Waals surface area (Å²) in [6.07, 6.45) is -1.12. The van der Waals surface area contributed by atoms with Gasteiger partial charge < -0.3 is 50.8 Å². The Labute approximate surface area is 527 Å². The molecule has 4 aromatic rings. The van der Waals surface area contributed by atoms with Gasteiger partial charge in [-0.05, 0) is 186 Å². The first-order valence-corrected chi connectivity index (χ1v) is 32.3. The topological polar surface area (TPSA) is 238 Å². The molecule has 0 amide bonds. The number of hydrogen-bond donors (Lipinski definition) is 6. The molecule has 0 radical (unpaired) electrons. The van der Waals surface area contributed by atoms with Crippen LogP contribution in [0.15, 0.2) is 164 Å². The molecule has 0 spiro atoms. The second kappa shape index (κ2) is 21.4. The SMILES string of the molecule is C[C@@]1(c2ccc(Sc3ccc(N)cc3)cc2)O[C@@H]2C[C@H]3[C@@H]4C[C@H](F)C5=CC(=O)C=C[C@]5(C)[C@@]4(F)[C@@H](O)C[C@]3(C)[C@]2(C(=O)CO)O1.C[C@]1(c2ccc(Sc3ccc(N)cc3)cc2)O[C@@H]2C[C@H]3[C@@H]4C[C@H](F)C5=CC(=O)C=C[C@]5(C)[C@@]4(F)[C@@H](O)C[C@]3(C)[C@]2(C(=O)CO)O1. The lowest BCUT2D eigenvalue weighted by Gasteiger charge is -2.63. The number of rotatable bonds is 10. The lowest BCUT2D eigenvalue weighted by Crippen LogP contribution is -2.71. The maximum Gasteiger partial charge on any atom is 0.193 e. The van der Waals surface area contributed by atoms with Gasteiger partial charge in [-0.25, -0.2) is 17.6 Å². The minimum absolute atomic E-state index is 0.0359. The highest BCUT2D eigenvalue weighted by Crippen LogP contribution is 2.75. The van der Waals surface area contributed by atoms with E-state index < -0.39 is 153 Å². The predicted molar refractivity (Wildman–Crippen MR) is 327 cm³/mol. The summed E-state index contributed by atoms with van der Waals surface area (Å²) in [4.78, 5) is 55.9. The van der Waals surface area contributed by atoms with Crippen LogP contribution in [0.2, 0.25) is 0 Å². The first-order valence-electron chi connectivity index (χ1n) is 30.7. The second-order valence-electron chi connectivity index (χ2n) is 27.5. The van der Waals surface area contributed by atoms with Gasteiger partial charge >= 0.3 is 0 Å². The molecular formula is C70H74F4N2O12S2. The van der Waals surface area contributed by atoms with E-state index in [2.05, 4.69) is 0 Å². The number of hydrogen-bond acceptors (Lipinski definition) is 16. The number of anilines is 2. The zero-order chi connectivity index (χ0) is 64.3. The highest BCUT2D eigenvalue weighted by atomic mass is 32.2. The molecule has 2 saturated heterocycles. The predicted octanol–water partition coefficient (Wildman–Crippen LogP) is 10.5. The molecule has 8 N–H and O–H groups in total. The summed E-state index contributed by atoms with van der Waals surface area (Å²) in [6, 6.07) is 30.2. The number of aliphatic hydroxyl groups is 4. The van der Waals surface area contributed by atoms with E-state index in [1.807, 2.05) is 97.1 Å². The Morgan fingerprint density at radius 3 is 1.17 bits per heavy atom. The van der Waals surface area contributed by atoms with Crippen LogP contribution in [-0.2, 0) is 49.7 Å². The second-order valence-corrected chi connectivity index (χ2v) is 29.8. The van der Waals surface area contributed by atoms with Gasteiger partial charge in [-0.15, -0.1) is 0 Å². The molecule has 0 unspecified atom stereocenters. The van der Waals surface area contributed by atoms with Gasteiger partial charge in [0, 0.05) is 75.6 Å². The number of carbonyl (C=O) groups excluding carboxylic acids is 4. The number of nitrogens with two attached hydrogens (primary N) is 2. The third-order valence-corrected chi connectivity index (χ3v) is 25.2. The third-order valence-electron chi connectivity index (χ3n) is 23.1. The summed E-state index contributed by atoms with van der Waals surface area (Å²) in [5.41, 5.74) is 0.868. The molecule has 20 heteroatoms. The summed E-state index contributed by atoms with van der Waals surface area (Å²) in [5.74, 6) is -8.05. The fourth-order valence-electron chi connectivity index (χ4n) is 18.8. The van der Waals surface area contributed by atoms with Gasteiger partial charge in [0.2, 0.25) is 0 Å². The van der Waals surface area contributed by atoms with Crippen LogP contribution in [0.4, 0.5) is 28.9 Å². The highest BCUT2D eigenvalue weighted by molar-refractivity contribution is 7.99. The summed E-state index contributed by atoms with van der Waals surface area (Å²) < 4.78 is 93.6. The van der Waals surface area contributed by atoms with Crippen LogP contribution < -0.4 is 11.5 Å². The molecule has 14 nitrogen and oxygen atoms in total. The molecule has 4 aromatic carbocycles. The number of benzene rings is 4. The summed E-state index contributed by atoms with van der Waals surface area (Å²) in [7, 11) is 0. The number of halogens is 4. The van der Waals surface area contributed by atoms with Crippen molar-refractivity contribution in [3.63, 3.8) is 0 Å². The van der Waals surface area contributed by atoms with Gasteiger partial charge in [-0.2, -0.15) is 0 Å². The van der Waals surface area contributed by atoms with Crippen molar-refractivity contribution >= 4 is 58.0 Å². The fourth-order valence-corrected chi connectivity index (χ4v) is 20.4. The highest BCUT2D eigenvalue weighted by Gasteiger charge is 2.83. The van der Waals surface area contributed by atoms with Crippen molar-refractivity contribution in [3.8, 4) is 0 Å². The third kappa shape index (κ3) is 8.66. The monoisotopic (exact) mass is 1270 g/mol. The smallest absolute Gasteiger partial charge is 0.193 e. The van der Waals surface area contributed by atoms with Gasteiger partial charge in [0.15, 0.2) is 57.2 Å². The van der Waals surface area contributed by atoms with E-state index in [9.17, 15) is 39.6 Å². The normalized spacial score (nSPS) is 43.2. The Bertz CT molecular complexity index is 3500. The van der Waals surface area contributed by atoms with Crippen molar-refractivity contribution in [2.24, 2.45) is 45.3 Å². The van der Waals surface area contributed by atoms with Crippen molar-refractivity contribution in [1.29, 1.82) is 0 Å². The zero-order valence-corrected chi connectivity index (χ0v) is 52.3. The number of nitrogen functional groups attached to an aromatic ring is 2. The lowest BCUT2D eigenvalue weighted by atomic mass is 9.44. The number of alkyl halides is 4. The molecule has 14 rings (SSSR count). The largest absolute Gasteiger partial charge is 0.399 e. The molecule has 90 heavy (non-hydrogen) atoms. The minimum Gasteiger partial charge on any atom is -0.399 e. The van der Waals surface area contributed by atoms with E-state index in [0.29, 0.717) is 22.5 Å². The molecule has 0 aromatic heterocycles. The van der Waals surface area contributed by atoms with E-state index in [4.69, 9.17) is 30.4 Å². The quantitative estimate of drug-likeness (QED) is 0.0639. The molecule has 10 aliphatic rings. The van der Waals surface area contributed by atoms with E-state index in [1.54, 1.807) is 51.2 Å². The number of Topliss-reactive ketones (excluding diaryl/α,β-unsaturated/α-hetero) is 2. The van der Waals surface area contributed by atoms with E-state index in [-0.39, 0.29) is 49.7 Å². The fraction of sp³-hybridized carbons (Fsp3) is 0.486. The van der Waals surface area contributed by atoms with Crippen LogP contribution in [0.25, 0.3) is 0 Å². The van der Waals surface area contributed by atoms with Gasteiger partial charge in [-0.1, -0.05) is 73.8 Å². The van der Waals surface area contributed by atoms with Crippen LogP contribution in [-0.4, -0.2) is 116 Å². The molecule has 8 fully saturated rings. The lowest BCUT2D eigenvalue weighted by molar-refractivity contribution is -0.256. The molecule has 2 heterocycles. The van der Waals surface area contributed by atoms with E-state index in [1.165, 1.54) is 38.2 Å². The van der Waals surface area contributed by atoms with Crippen molar-refractivity contribution in [1.82, 2.24) is 0 Å². The zero-order valence-electron chi connectivity index (χ0n) is 50.7. The van der Waals surface area contributed by atoms with Crippen LogP contribution >= 0.6 is 23.5 Å². The first kappa shape index (κ1) is 63.0. The first-order chi connectivity index (χ1) is 42.4. The number of allylic oxidation sites excluding steroid dienone is 8. The number of ketones is 4. The molecule has 0 bridgehead atoms. The Balaban J connectivity index is 0.000000165. The molecule has 8 aliphatic carbocycles. The van der Waals surface area contributed by atoms with Crippen LogP contribution in [0.5, 0.6) is 0 Å². The van der Waals surface area contributed by atoms with Gasteiger partial charge in [0.05, 0.1) is 24.4 Å². The molecule has 2 aliphatic heterocycles. The van der Waals surface area contributed by atoms with Gasteiger partial charge in [0.25, 0.3) is 0 Å². The molecule has 20 atom stereocenters. The van der Waals surface area contributed by atoms with Crippen molar-refractivity contribution in [3.05, 3.63) is 156 Å². The average molecular weight is 1280 g/mol. The Morgan fingerprint density at radius 2 is 0.844 bits per heavy atom. The minimum atomic E-state index is -2.30. The van der Waals surface area contributed by atoms with Crippen LogP contribution in [0, 0.1) is 45.3 Å². The van der Waals surface area contributed by atoms with Crippen LogP contribution in [0.3, 0.4) is 0 Å². The van der Waals surface area contributed by atoms with E-state index >= 15 is 17.6 Å². The van der Waals surface area contributed by atoms with Crippen molar-refractivity contribution in [2.45, 2.75) is 171 Å². The number of fused-ring (bicyclic) bond motifs is 14. The summed E-state index contributed by atoms with van der Waals surface area (Å²) >= 11 is 3.12. The van der Waals surface area contributed by atoms with E-state index in [0.717, 1.165) is 31.7 Å². The molecular weight excluding hydrogens is 1200 g/mol. The Hall–Kier alpha value is -5.78. The average Bonchev–Trinajstić information content (AvgIpc) is 1.42. The molecule has 476 valence electrons. The van der Waals surface area contributed by atoms with Gasteiger partial charge in [0.1, 0.15) is 25.6 Å². The van der Waals surface area contributed by atoms with Crippen molar-refractivity contribution < 1.29 is 76.1 Å². The van der Waals surface area contributed by atoms with Crippen LogP contribution in [0.1, 0.15) is 91.2 Å². The summed E-state index contributed by atoms with van der Waals surface area (Å²) in [5, 5.41) is 43.9. The maximum atomic E-state index is 17.6. The molecule has 6 saturated carbocycles. The summed E-state index contributed by atoms with van der Waals surface area (Å²) in [6.45, 7) is 8.39. The number of ether oxygens (including phenoxy) is 4. The standard InChI is InChI=1S/2C35H37F2NO6S/c2*1-31-13-12-21(40)14-26(31)27(36)15-25-24-16-30-35(29(42)18-39,32(24,2)17-28(41)34(25,31)37)44-33(3,43-30)19-4-8-22(9-5-19)45-23-10-6-20(38)7-11-23/h2*4-14,24-25,27-28,30,39,41H,15-18,38H2,1-3H3/t24-,25-,27-,28-,30+,31-,32-,33+,34-,35+;24-,25-,27-,28-,30+,31-,32-,33-,34-,35+/m00/s1. The Morgan fingerprint density at radius 1 is 0.522 bits per heavy atom. The van der Waals surface area contributed by atoms with Gasteiger partial charge in [-0.3, -0.25) is 19.2 Å². The number of aliphatic hydroxyl groups excluding tert-OH is 4. The maximum absolute atomic E-state index is 17.6. The van der Waals surface area contributed by atoms with Crippen molar-refractivity contribution in [2.75, 3.05) is 24.7 Å². The Kier molecular flexibility index (Phi) is 15.0.